The average Bonchev–Trinajstić information content (AvgIpc) is 3.57. The third-order valence-electron chi connectivity index (χ3n) is 5.90. The van der Waals surface area contributed by atoms with Crippen molar-refractivity contribution in [2.75, 3.05) is 13.7 Å². The second kappa shape index (κ2) is 8.77. The van der Waals surface area contributed by atoms with Crippen LogP contribution in [0.2, 0.25) is 5.02 Å². The van der Waals surface area contributed by atoms with Crippen LogP contribution in [0.1, 0.15) is 35.3 Å². The van der Waals surface area contributed by atoms with Crippen LogP contribution in [0, 0.1) is 5.82 Å². The van der Waals surface area contributed by atoms with Crippen molar-refractivity contribution in [1.29, 1.82) is 0 Å². The number of alkyl halides is 2. The SMILES string of the molecule is COC(=O)[C@]1(N)CC2=C(c3ccn(C(F)F)n3)[C@H](c3ccc(F)cc3Cl)N=C(c3nccs3)N2C1. The van der Waals surface area contributed by atoms with Crippen molar-refractivity contribution in [2.24, 2.45) is 10.7 Å². The highest BCUT2D eigenvalue weighted by Gasteiger charge is 2.50. The van der Waals surface area contributed by atoms with Gasteiger partial charge in [0.2, 0.25) is 0 Å². The lowest BCUT2D eigenvalue weighted by Crippen LogP contribution is -2.51. The van der Waals surface area contributed by atoms with E-state index in [0.29, 0.717) is 32.4 Å². The van der Waals surface area contributed by atoms with Gasteiger partial charge in [-0.3, -0.25) is 4.99 Å². The number of nitrogens with two attached hydrogens (primary N) is 1. The lowest BCUT2D eigenvalue weighted by Gasteiger charge is -2.32. The quantitative estimate of drug-likeness (QED) is 0.508. The zero-order valence-electron chi connectivity index (χ0n) is 18.2. The maximum Gasteiger partial charge on any atom is 0.333 e. The fourth-order valence-electron chi connectivity index (χ4n) is 4.36. The Bertz CT molecular complexity index is 1360. The minimum absolute atomic E-state index is 0.0241. The number of methoxy groups -OCH3 is 1. The van der Waals surface area contributed by atoms with E-state index in [1.165, 1.54) is 36.6 Å². The number of hydrogen-bond donors (Lipinski definition) is 1. The number of thiazole rings is 1. The summed E-state index contributed by atoms with van der Waals surface area (Å²) in [6.07, 6.45) is 2.78. The van der Waals surface area contributed by atoms with E-state index in [4.69, 9.17) is 27.1 Å². The number of ether oxygens (including phenoxy) is 1. The number of halogens is 4. The number of aromatic nitrogens is 3. The summed E-state index contributed by atoms with van der Waals surface area (Å²) in [5, 5.41) is 6.47. The molecule has 4 heterocycles. The molecular formula is C22H18ClF3N6O2S. The summed E-state index contributed by atoms with van der Waals surface area (Å²) in [6, 6.07) is 4.45. The standard InChI is InChI=1S/C22H18ClF3N6O2S/c1-34-20(33)22(27)9-15-16(14-4-6-32(30-14)21(25)26)17(12-3-2-11(24)8-13(12)23)29-18(31(15)10-22)19-28-5-7-35-19/h2-8,17,21H,9-10,27H2,1H3/t17-,22-/m0/s1. The molecule has 1 fully saturated rings. The molecule has 1 aromatic carbocycles. The predicted octanol–water partition coefficient (Wildman–Crippen LogP) is 4.02. The monoisotopic (exact) mass is 522 g/mol. The Kier molecular flexibility index (Phi) is 5.90. The molecule has 0 spiro atoms. The average molecular weight is 523 g/mol. The number of nitrogens with zero attached hydrogens (tertiary/aromatic N) is 5. The van der Waals surface area contributed by atoms with Crippen LogP contribution in [-0.4, -0.2) is 50.7 Å². The number of carbonyl (C=O) groups is 1. The molecule has 0 unspecified atom stereocenters. The maximum absolute atomic E-state index is 13.9. The Labute approximate surface area is 206 Å². The molecule has 0 aliphatic carbocycles. The first-order chi connectivity index (χ1) is 16.7. The van der Waals surface area contributed by atoms with E-state index in [1.54, 1.807) is 16.5 Å². The van der Waals surface area contributed by atoms with Crippen LogP contribution in [0.5, 0.6) is 0 Å². The molecule has 3 aromatic rings. The molecule has 2 N–H and O–H groups in total. The van der Waals surface area contributed by atoms with Crippen LogP contribution in [0.25, 0.3) is 5.57 Å². The summed E-state index contributed by atoms with van der Waals surface area (Å²) < 4.78 is 46.0. The molecule has 182 valence electrons. The first-order valence-electron chi connectivity index (χ1n) is 10.4. The number of rotatable bonds is 5. The van der Waals surface area contributed by atoms with Crippen LogP contribution in [0.4, 0.5) is 13.2 Å². The van der Waals surface area contributed by atoms with E-state index in [0.717, 1.165) is 12.3 Å². The highest BCUT2D eigenvalue weighted by Crippen LogP contribution is 2.47. The van der Waals surface area contributed by atoms with E-state index >= 15 is 0 Å². The smallest absolute Gasteiger partial charge is 0.333 e. The van der Waals surface area contributed by atoms with Crippen molar-refractivity contribution in [3.05, 3.63) is 74.8 Å². The topological polar surface area (TPSA) is 98.6 Å². The highest BCUT2D eigenvalue weighted by molar-refractivity contribution is 7.11. The zero-order chi connectivity index (χ0) is 24.9. The van der Waals surface area contributed by atoms with Crippen molar-refractivity contribution in [2.45, 2.75) is 24.6 Å². The van der Waals surface area contributed by atoms with Crippen molar-refractivity contribution in [1.82, 2.24) is 19.7 Å². The minimum atomic E-state index is -2.86. The number of fused-ring (bicyclic) bond motifs is 1. The van der Waals surface area contributed by atoms with Crippen LogP contribution >= 0.6 is 22.9 Å². The molecule has 2 aliphatic rings. The number of esters is 1. The lowest BCUT2D eigenvalue weighted by molar-refractivity contribution is -0.146. The summed E-state index contributed by atoms with van der Waals surface area (Å²) >= 11 is 7.74. The first-order valence-corrected chi connectivity index (χ1v) is 11.6. The Balaban J connectivity index is 1.76. The van der Waals surface area contributed by atoms with Gasteiger partial charge in [-0.05, 0) is 18.2 Å². The van der Waals surface area contributed by atoms with E-state index in [9.17, 15) is 18.0 Å². The number of carbonyl (C=O) groups excluding carboxylic acids is 1. The normalized spacial score (nSPS) is 22.0. The van der Waals surface area contributed by atoms with Crippen molar-refractivity contribution in [3.8, 4) is 0 Å². The first kappa shape index (κ1) is 23.5. The largest absolute Gasteiger partial charge is 0.468 e. The molecule has 13 heteroatoms. The molecule has 5 rings (SSSR count). The Morgan fingerprint density at radius 3 is 2.80 bits per heavy atom. The molecule has 2 aromatic heterocycles. The number of benzene rings is 1. The number of aliphatic imine (C=N–C) groups is 1. The van der Waals surface area contributed by atoms with E-state index in [-0.39, 0.29) is 23.7 Å². The van der Waals surface area contributed by atoms with Gasteiger partial charge in [0.25, 0.3) is 0 Å². The van der Waals surface area contributed by atoms with E-state index in [2.05, 4.69) is 10.1 Å². The molecule has 1 saturated heterocycles. The Morgan fingerprint density at radius 1 is 1.37 bits per heavy atom. The molecule has 2 aliphatic heterocycles. The molecule has 35 heavy (non-hydrogen) atoms. The summed E-state index contributed by atoms with van der Waals surface area (Å²) in [5.74, 6) is -0.746. The summed E-state index contributed by atoms with van der Waals surface area (Å²) in [7, 11) is 1.24. The lowest BCUT2D eigenvalue weighted by atomic mass is 9.90. The summed E-state index contributed by atoms with van der Waals surface area (Å²) in [4.78, 5) is 23.6. The summed E-state index contributed by atoms with van der Waals surface area (Å²) in [5.41, 5.74) is 6.65. The van der Waals surface area contributed by atoms with Crippen molar-refractivity contribution >= 4 is 40.3 Å². The second-order valence-corrected chi connectivity index (χ2v) is 9.39. The van der Waals surface area contributed by atoms with Crippen molar-refractivity contribution in [3.63, 3.8) is 0 Å². The van der Waals surface area contributed by atoms with Gasteiger partial charge >= 0.3 is 12.5 Å². The number of hydrogen-bond acceptors (Lipinski definition) is 8. The molecular weight excluding hydrogens is 505 g/mol. The predicted molar refractivity (Wildman–Crippen MR) is 123 cm³/mol. The van der Waals surface area contributed by atoms with Crippen LogP contribution < -0.4 is 5.73 Å². The van der Waals surface area contributed by atoms with Gasteiger partial charge in [0.05, 0.1) is 19.3 Å². The molecule has 0 bridgehead atoms. The molecule has 8 nitrogen and oxygen atoms in total. The molecule has 0 radical (unpaired) electrons. The van der Waals surface area contributed by atoms with Gasteiger partial charge in [-0.1, -0.05) is 17.7 Å². The molecule has 0 saturated carbocycles. The van der Waals surface area contributed by atoms with E-state index in [1.807, 2.05) is 0 Å². The Morgan fingerprint density at radius 2 is 2.17 bits per heavy atom. The summed E-state index contributed by atoms with van der Waals surface area (Å²) in [6.45, 7) is -2.83. The zero-order valence-corrected chi connectivity index (χ0v) is 19.7. The minimum Gasteiger partial charge on any atom is -0.468 e. The van der Waals surface area contributed by atoms with Gasteiger partial charge < -0.3 is 15.4 Å². The maximum atomic E-state index is 13.9. The highest BCUT2D eigenvalue weighted by atomic mass is 35.5. The van der Waals surface area contributed by atoms with Crippen molar-refractivity contribution < 1.29 is 22.7 Å². The molecule has 0 amide bonds. The van der Waals surface area contributed by atoms with Gasteiger partial charge in [-0.2, -0.15) is 13.9 Å². The van der Waals surface area contributed by atoms with Gasteiger partial charge in [0, 0.05) is 46.1 Å². The van der Waals surface area contributed by atoms with Crippen LogP contribution in [0.3, 0.4) is 0 Å². The fourth-order valence-corrected chi connectivity index (χ4v) is 5.27. The Hall–Kier alpha value is -3.22. The third kappa shape index (κ3) is 4.01. The van der Waals surface area contributed by atoms with Gasteiger partial charge in [0.1, 0.15) is 17.4 Å². The number of amidine groups is 1. The van der Waals surface area contributed by atoms with Gasteiger partial charge in [-0.15, -0.1) is 11.3 Å². The van der Waals surface area contributed by atoms with Gasteiger partial charge in [0.15, 0.2) is 10.8 Å². The third-order valence-corrected chi connectivity index (χ3v) is 6.99. The second-order valence-electron chi connectivity index (χ2n) is 8.09. The van der Waals surface area contributed by atoms with Crippen LogP contribution in [-0.2, 0) is 9.53 Å². The van der Waals surface area contributed by atoms with E-state index < -0.39 is 29.9 Å². The van der Waals surface area contributed by atoms with Crippen LogP contribution in [0.15, 0.2) is 52.7 Å². The van der Waals surface area contributed by atoms with Gasteiger partial charge in [-0.25, -0.2) is 18.9 Å². The fraction of sp³-hybridized carbons (Fsp3) is 0.273. The molecule has 2 atom stereocenters.